The lowest BCUT2D eigenvalue weighted by molar-refractivity contribution is 1.01. The van der Waals surface area contributed by atoms with E-state index in [-0.39, 0.29) is 5.56 Å². The molecular weight excluding hydrogens is 312 g/mol. The van der Waals surface area contributed by atoms with Crippen molar-refractivity contribution in [1.82, 2.24) is 10.2 Å². The first-order chi connectivity index (χ1) is 12.3. The molecule has 4 aromatic rings. The molecule has 5 heteroatoms. The monoisotopic (exact) mass is 328 g/mol. The predicted octanol–water partition coefficient (Wildman–Crippen LogP) is 4.41. The summed E-state index contributed by atoms with van der Waals surface area (Å²) in [5.74, 6) is 0. The highest BCUT2D eigenvalue weighted by atomic mass is 16.1. The molecule has 1 aromatic heterocycles. The molecule has 0 bridgehead atoms. The highest BCUT2D eigenvalue weighted by molar-refractivity contribution is 5.93. The van der Waals surface area contributed by atoms with Gasteiger partial charge in [0, 0.05) is 16.8 Å². The molecule has 0 unspecified atom stereocenters. The van der Waals surface area contributed by atoms with Gasteiger partial charge in [-0.15, -0.1) is 0 Å². The molecule has 25 heavy (non-hydrogen) atoms. The zero-order chi connectivity index (χ0) is 17.1. The zero-order valence-corrected chi connectivity index (χ0v) is 13.4. The van der Waals surface area contributed by atoms with Crippen LogP contribution in [0.5, 0.6) is 0 Å². The van der Waals surface area contributed by atoms with Gasteiger partial charge in [-0.2, -0.15) is 5.10 Å². The van der Waals surface area contributed by atoms with Crippen LogP contribution in [-0.2, 0) is 0 Å². The summed E-state index contributed by atoms with van der Waals surface area (Å²) in [6.45, 7) is 0. The summed E-state index contributed by atoms with van der Waals surface area (Å²) in [6.07, 6.45) is 1.65. The summed E-state index contributed by atoms with van der Waals surface area (Å²) in [4.78, 5) is 12.1. The van der Waals surface area contributed by atoms with Crippen molar-refractivity contribution in [3.05, 3.63) is 89.3 Å². The Hall–Kier alpha value is -3.60. The molecule has 0 aliphatic carbocycles. The Balaban J connectivity index is 1.83. The number of hydrogen-bond donors (Lipinski definition) is 3. The zero-order valence-electron chi connectivity index (χ0n) is 13.4. The fraction of sp³-hybridized carbons (Fsp3) is 0. The second-order valence-corrected chi connectivity index (χ2v) is 5.67. The Morgan fingerprint density at radius 1 is 0.760 bits per heavy atom. The molecule has 0 saturated carbocycles. The number of benzene rings is 3. The number of fused-ring (bicyclic) bond motifs is 1. The number of rotatable bonds is 4. The van der Waals surface area contributed by atoms with Crippen molar-refractivity contribution in [3.63, 3.8) is 0 Å². The van der Waals surface area contributed by atoms with Gasteiger partial charge in [-0.1, -0.05) is 36.4 Å². The van der Waals surface area contributed by atoms with Gasteiger partial charge in [-0.05, 0) is 36.4 Å². The Bertz CT molecular complexity index is 1060. The molecule has 1 heterocycles. The highest BCUT2D eigenvalue weighted by Gasteiger charge is 2.09. The first kappa shape index (κ1) is 15.0. The van der Waals surface area contributed by atoms with Gasteiger partial charge in [0.2, 0.25) is 0 Å². The van der Waals surface area contributed by atoms with Crippen LogP contribution in [0.15, 0.2) is 83.8 Å². The summed E-state index contributed by atoms with van der Waals surface area (Å²) in [5, 5.41) is 14.5. The van der Waals surface area contributed by atoms with Crippen LogP contribution in [0.25, 0.3) is 10.8 Å². The predicted molar refractivity (Wildman–Crippen MR) is 102 cm³/mol. The average Bonchev–Trinajstić information content (AvgIpc) is 2.65. The van der Waals surface area contributed by atoms with E-state index in [2.05, 4.69) is 20.8 Å². The number of aromatic amines is 1. The van der Waals surface area contributed by atoms with E-state index in [9.17, 15) is 4.79 Å². The topological polar surface area (TPSA) is 69.8 Å². The van der Waals surface area contributed by atoms with Crippen molar-refractivity contribution < 1.29 is 0 Å². The average molecular weight is 328 g/mol. The summed E-state index contributed by atoms with van der Waals surface area (Å²) in [7, 11) is 0. The van der Waals surface area contributed by atoms with Gasteiger partial charge in [0.05, 0.1) is 23.0 Å². The first-order valence-electron chi connectivity index (χ1n) is 7.95. The molecule has 4 rings (SSSR count). The van der Waals surface area contributed by atoms with Gasteiger partial charge in [0.15, 0.2) is 0 Å². The van der Waals surface area contributed by atoms with Gasteiger partial charge in [0.1, 0.15) is 0 Å². The maximum atomic E-state index is 12.1. The van der Waals surface area contributed by atoms with E-state index >= 15 is 0 Å². The van der Waals surface area contributed by atoms with Crippen LogP contribution >= 0.6 is 0 Å². The van der Waals surface area contributed by atoms with Crippen LogP contribution in [0.2, 0.25) is 0 Å². The lowest BCUT2D eigenvalue weighted by Crippen LogP contribution is -2.08. The van der Waals surface area contributed by atoms with E-state index < -0.39 is 0 Å². The summed E-state index contributed by atoms with van der Waals surface area (Å²) >= 11 is 0. The van der Waals surface area contributed by atoms with E-state index in [1.54, 1.807) is 6.20 Å². The lowest BCUT2D eigenvalue weighted by atomic mass is 10.1. The highest BCUT2D eigenvalue weighted by Crippen LogP contribution is 2.31. The third-order valence-electron chi connectivity index (χ3n) is 3.91. The van der Waals surface area contributed by atoms with Crippen LogP contribution in [0, 0.1) is 0 Å². The van der Waals surface area contributed by atoms with E-state index in [1.165, 1.54) is 0 Å². The maximum absolute atomic E-state index is 12.1. The third-order valence-corrected chi connectivity index (χ3v) is 3.91. The molecule has 3 N–H and O–H groups in total. The van der Waals surface area contributed by atoms with Gasteiger partial charge in [-0.25, -0.2) is 5.10 Å². The molecule has 0 fully saturated rings. The molecule has 3 aromatic carbocycles. The minimum atomic E-state index is -0.208. The Morgan fingerprint density at radius 3 is 1.92 bits per heavy atom. The minimum Gasteiger partial charge on any atom is -0.354 e. The fourth-order valence-corrected chi connectivity index (χ4v) is 2.70. The second-order valence-electron chi connectivity index (χ2n) is 5.67. The molecule has 0 saturated heterocycles. The van der Waals surface area contributed by atoms with Crippen molar-refractivity contribution in [2.24, 2.45) is 0 Å². The SMILES string of the molecule is O=c1[nH]ncc2cc(Nc3ccccc3)c(Nc3ccccc3)cc12. The van der Waals surface area contributed by atoms with Crippen molar-refractivity contribution in [3.8, 4) is 0 Å². The first-order valence-corrected chi connectivity index (χ1v) is 7.95. The fourth-order valence-electron chi connectivity index (χ4n) is 2.70. The van der Waals surface area contributed by atoms with Crippen molar-refractivity contribution in [2.45, 2.75) is 0 Å². The van der Waals surface area contributed by atoms with Crippen molar-refractivity contribution >= 4 is 33.5 Å². The number of aromatic nitrogens is 2. The van der Waals surface area contributed by atoms with Crippen LogP contribution < -0.4 is 16.2 Å². The summed E-state index contributed by atoms with van der Waals surface area (Å²) in [5.41, 5.74) is 3.40. The third kappa shape index (κ3) is 3.21. The van der Waals surface area contributed by atoms with E-state index in [0.717, 1.165) is 28.1 Å². The van der Waals surface area contributed by atoms with Gasteiger partial charge < -0.3 is 10.6 Å². The molecule has 122 valence electrons. The van der Waals surface area contributed by atoms with Gasteiger partial charge in [-0.3, -0.25) is 4.79 Å². The van der Waals surface area contributed by atoms with E-state index in [0.29, 0.717) is 5.39 Å². The van der Waals surface area contributed by atoms with E-state index in [4.69, 9.17) is 0 Å². The molecule has 0 radical (unpaired) electrons. The Morgan fingerprint density at radius 2 is 1.32 bits per heavy atom. The number of nitrogens with zero attached hydrogens (tertiary/aromatic N) is 1. The lowest BCUT2D eigenvalue weighted by Gasteiger charge is -2.15. The number of para-hydroxylation sites is 2. The number of H-pyrrole nitrogens is 1. The van der Waals surface area contributed by atoms with Crippen molar-refractivity contribution in [1.29, 1.82) is 0 Å². The van der Waals surface area contributed by atoms with Crippen LogP contribution in [-0.4, -0.2) is 10.2 Å². The van der Waals surface area contributed by atoms with Crippen molar-refractivity contribution in [2.75, 3.05) is 10.6 Å². The van der Waals surface area contributed by atoms with Gasteiger partial charge in [0.25, 0.3) is 5.56 Å². The number of anilines is 4. The Labute approximate surface area is 144 Å². The number of nitrogens with one attached hydrogen (secondary N) is 3. The van der Waals surface area contributed by atoms with E-state index in [1.807, 2.05) is 72.8 Å². The van der Waals surface area contributed by atoms with Gasteiger partial charge >= 0.3 is 0 Å². The molecule has 0 atom stereocenters. The second kappa shape index (κ2) is 6.49. The standard InChI is InChI=1S/C20H16N4O/c25-20-17-12-19(23-16-9-5-2-6-10-16)18(11-14(17)13-21-24-20)22-15-7-3-1-4-8-15/h1-13,22-23H,(H,24,25). The van der Waals surface area contributed by atoms with Crippen LogP contribution in [0.3, 0.4) is 0 Å². The summed E-state index contributed by atoms with van der Waals surface area (Å²) < 4.78 is 0. The smallest absolute Gasteiger partial charge is 0.272 e. The molecular formula is C20H16N4O. The largest absolute Gasteiger partial charge is 0.354 e. The minimum absolute atomic E-state index is 0.208. The Kier molecular flexibility index (Phi) is 3.88. The normalized spacial score (nSPS) is 10.6. The van der Waals surface area contributed by atoms with Crippen LogP contribution in [0.1, 0.15) is 0 Å². The molecule has 5 nitrogen and oxygen atoms in total. The molecule has 0 aliphatic heterocycles. The number of hydrogen-bond acceptors (Lipinski definition) is 4. The molecule has 0 aliphatic rings. The maximum Gasteiger partial charge on any atom is 0.272 e. The summed E-state index contributed by atoms with van der Waals surface area (Å²) in [6, 6.07) is 23.5. The van der Waals surface area contributed by atoms with Crippen LogP contribution in [0.4, 0.5) is 22.7 Å². The quantitative estimate of drug-likeness (QED) is 0.519. The molecule has 0 amide bonds. The molecule has 0 spiro atoms.